The van der Waals surface area contributed by atoms with Gasteiger partial charge < -0.3 is 19.3 Å². The highest BCUT2D eigenvalue weighted by molar-refractivity contribution is 8.26. The lowest BCUT2D eigenvalue weighted by Gasteiger charge is -2.37. The smallest absolute Gasteiger partial charge is 0.267 e. The number of carbonyl (C=O) groups excluding carboxylic acids is 1. The summed E-state index contributed by atoms with van der Waals surface area (Å²) in [6.07, 6.45) is 3.92. The van der Waals surface area contributed by atoms with Crippen LogP contribution in [0.5, 0.6) is 11.5 Å². The molecule has 0 bridgehead atoms. The number of anilines is 2. The van der Waals surface area contributed by atoms with Gasteiger partial charge in [-0.05, 0) is 60.9 Å². The lowest BCUT2D eigenvalue weighted by atomic mass is 10.1. The van der Waals surface area contributed by atoms with Crippen LogP contribution < -0.4 is 24.8 Å². The molecular formula is C33H32FN5O4S2. The Morgan fingerprint density at radius 1 is 0.978 bits per heavy atom. The van der Waals surface area contributed by atoms with Crippen LogP contribution in [0, 0.1) is 12.7 Å². The van der Waals surface area contributed by atoms with Gasteiger partial charge in [0.2, 0.25) is 0 Å². The van der Waals surface area contributed by atoms with Crippen molar-refractivity contribution in [2.75, 3.05) is 56.7 Å². The third-order valence-electron chi connectivity index (χ3n) is 7.98. The molecule has 9 nitrogen and oxygen atoms in total. The fourth-order valence-corrected chi connectivity index (χ4v) is 6.87. The molecule has 2 aliphatic rings. The van der Waals surface area contributed by atoms with Crippen LogP contribution in [0.2, 0.25) is 0 Å². The predicted octanol–water partition coefficient (Wildman–Crippen LogP) is 4.93. The van der Waals surface area contributed by atoms with Crippen molar-refractivity contribution in [2.45, 2.75) is 13.3 Å². The molecule has 0 saturated carbocycles. The summed E-state index contributed by atoms with van der Waals surface area (Å²) in [5, 5.41) is 0. The van der Waals surface area contributed by atoms with Crippen LogP contribution in [0.1, 0.15) is 16.7 Å². The number of hydrogen-bond donors (Lipinski definition) is 0. The second kappa shape index (κ2) is 12.9. The summed E-state index contributed by atoms with van der Waals surface area (Å²) in [6.45, 7) is 4.43. The van der Waals surface area contributed by atoms with E-state index in [2.05, 4.69) is 0 Å². The van der Waals surface area contributed by atoms with Gasteiger partial charge in [-0.2, -0.15) is 0 Å². The van der Waals surface area contributed by atoms with E-state index in [1.165, 1.54) is 22.2 Å². The molecule has 1 amide bonds. The Kier molecular flexibility index (Phi) is 8.77. The number of halogens is 1. The van der Waals surface area contributed by atoms with Gasteiger partial charge in [0.25, 0.3) is 11.5 Å². The van der Waals surface area contributed by atoms with Crippen molar-refractivity contribution in [1.82, 2.24) is 14.3 Å². The number of methoxy groups -OCH3 is 2. The molecule has 2 aliphatic heterocycles. The van der Waals surface area contributed by atoms with Gasteiger partial charge in [0.05, 0.1) is 30.4 Å². The maximum Gasteiger partial charge on any atom is 0.267 e. The first-order valence-corrected chi connectivity index (χ1v) is 15.7. The number of hydrogen-bond acceptors (Lipinski definition) is 9. The summed E-state index contributed by atoms with van der Waals surface area (Å²) < 4.78 is 27.2. The van der Waals surface area contributed by atoms with Gasteiger partial charge in [0.15, 0.2) is 11.5 Å². The minimum atomic E-state index is -0.272. The topological polar surface area (TPSA) is 79.6 Å². The van der Waals surface area contributed by atoms with E-state index < -0.39 is 0 Å². The number of aryl methyl sites for hydroxylation is 1. The monoisotopic (exact) mass is 645 g/mol. The number of thioether (sulfide) groups is 1. The zero-order chi connectivity index (χ0) is 31.7. The molecule has 0 spiro atoms. The molecule has 0 N–H and O–H groups in total. The highest BCUT2D eigenvalue weighted by atomic mass is 32.2. The van der Waals surface area contributed by atoms with Gasteiger partial charge in [-0.25, -0.2) is 9.37 Å². The molecule has 0 radical (unpaired) electrons. The van der Waals surface area contributed by atoms with Gasteiger partial charge in [-0.3, -0.25) is 18.9 Å². The largest absolute Gasteiger partial charge is 0.493 e. The molecule has 6 rings (SSSR count). The number of nitrogens with zero attached hydrogens (tertiary/aromatic N) is 5. The first-order valence-electron chi connectivity index (χ1n) is 14.5. The molecule has 232 valence electrons. The van der Waals surface area contributed by atoms with Crippen LogP contribution in [0.15, 0.2) is 70.5 Å². The normalized spacial score (nSPS) is 16.3. The van der Waals surface area contributed by atoms with Crippen LogP contribution in [-0.4, -0.2) is 71.5 Å². The second-order valence-electron chi connectivity index (χ2n) is 10.8. The summed E-state index contributed by atoms with van der Waals surface area (Å²) in [5.74, 6) is 1.21. The first kappa shape index (κ1) is 30.6. The van der Waals surface area contributed by atoms with Gasteiger partial charge in [0, 0.05) is 38.9 Å². The van der Waals surface area contributed by atoms with Gasteiger partial charge in [-0.15, -0.1) is 0 Å². The zero-order valence-corrected chi connectivity index (χ0v) is 26.8. The Labute approximate surface area is 269 Å². The van der Waals surface area contributed by atoms with Gasteiger partial charge in [0.1, 0.15) is 21.6 Å². The summed E-state index contributed by atoms with van der Waals surface area (Å²) >= 11 is 6.78. The Balaban J connectivity index is 1.29. The number of piperazine rings is 1. The van der Waals surface area contributed by atoms with Crippen molar-refractivity contribution in [3.63, 3.8) is 0 Å². The average Bonchev–Trinajstić information content (AvgIpc) is 3.32. The summed E-state index contributed by atoms with van der Waals surface area (Å²) in [4.78, 5) is 38.4. The van der Waals surface area contributed by atoms with Crippen molar-refractivity contribution >= 4 is 57.4 Å². The number of aromatic nitrogens is 2. The molecular weight excluding hydrogens is 614 g/mol. The maximum absolute atomic E-state index is 14.5. The van der Waals surface area contributed by atoms with Gasteiger partial charge in [-0.1, -0.05) is 48.2 Å². The van der Waals surface area contributed by atoms with E-state index in [1.807, 2.05) is 53.1 Å². The van der Waals surface area contributed by atoms with Crippen molar-refractivity contribution in [1.29, 1.82) is 0 Å². The van der Waals surface area contributed by atoms with Crippen molar-refractivity contribution in [3.05, 3.63) is 98.6 Å². The number of para-hydroxylation sites is 1. The number of rotatable bonds is 8. The standard InChI is InChI=1S/C33H32FN5O4S2/c1-21-8-11-29-35-30(37-16-14-36(15-17-37)25-7-5-4-6-24(25)34)23(31(40)39(29)20-21)19-28-32(41)38(33(44)45-28)13-12-22-9-10-26(42-2)27(18-22)43-3/h4-11,18-20H,12-17H2,1-3H3. The SMILES string of the molecule is COc1ccc(CCN2C(=O)C(=Cc3c(N4CCN(c5ccccc5F)CC4)nc4ccc(C)cn4c3=O)SC2=S)cc1OC. The third-order valence-corrected chi connectivity index (χ3v) is 9.36. The molecule has 12 heteroatoms. The molecule has 0 unspecified atom stereocenters. The van der Waals surface area contributed by atoms with E-state index in [0.29, 0.717) is 82.6 Å². The molecule has 2 aromatic heterocycles. The lowest BCUT2D eigenvalue weighted by molar-refractivity contribution is -0.122. The van der Waals surface area contributed by atoms with E-state index >= 15 is 0 Å². The minimum absolute atomic E-state index is 0.255. The summed E-state index contributed by atoms with van der Waals surface area (Å²) in [5.41, 5.74) is 2.98. The molecule has 0 aliphatic carbocycles. The molecule has 2 aromatic carbocycles. The van der Waals surface area contributed by atoms with Crippen molar-refractivity contribution < 1.29 is 18.7 Å². The Morgan fingerprint density at radius 3 is 2.44 bits per heavy atom. The second-order valence-corrected chi connectivity index (χ2v) is 12.5. The maximum atomic E-state index is 14.5. The molecule has 45 heavy (non-hydrogen) atoms. The highest BCUT2D eigenvalue weighted by Gasteiger charge is 2.33. The number of amides is 1. The number of fused-ring (bicyclic) bond motifs is 1. The molecule has 2 fully saturated rings. The van der Waals surface area contributed by atoms with E-state index in [0.717, 1.165) is 11.1 Å². The van der Waals surface area contributed by atoms with E-state index in [1.54, 1.807) is 43.5 Å². The lowest BCUT2D eigenvalue weighted by Crippen LogP contribution is -2.47. The van der Waals surface area contributed by atoms with Gasteiger partial charge >= 0.3 is 0 Å². The number of pyridine rings is 1. The fourth-order valence-electron chi connectivity index (χ4n) is 5.58. The van der Waals surface area contributed by atoms with Crippen molar-refractivity contribution in [3.8, 4) is 11.5 Å². The number of benzene rings is 2. The van der Waals surface area contributed by atoms with E-state index in [-0.39, 0.29) is 17.3 Å². The number of thiocarbonyl (C=S) groups is 1. The van der Waals surface area contributed by atoms with Crippen LogP contribution in [0.3, 0.4) is 0 Å². The van der Waals surface area contributed by atoms with Crippen LogP contribution in [-0.2, 0) is 11.2 Å². The number of ether oxygens (including phenoxy) is 2. The predicted molar refractivity (Wildman–Crippen MR) is 180 cm³/mol. The van der Waals surface area contributed by atoms with Crippen molar-refractivity contribution in [2.24, 2.45) is 0 Å². The van der Waals surface area contributed by atoms with Crippen LogP contribution >= 0.6 is 24.0 Å². The molecule has 2 saturated heterocycles. The first-order chi connectivity index (χ1) is 21.8. The Morgan fingerprint density at radius 2 is 1.71 bits per heavy atom. The quantitative estimate of drug-likeness (QED) is 0.196. The molecule has 0 atom stereocenters. The van der Waals surface area contributed by atoms with E-state index in [4.69, 9.17) is 26.7 Å². The van der Waals surface area contributed by atoms with Crippen LogP contribution in [0.4, 0.5) is 15.9 Å². The molecule has 4 heterocycles. The fraction of sp³-hybridized carbons (Fsp3) is 0.273. The highest BCUT2D eigenvalue weighted by Crippen LogP contribution is 2.35. The Bertz CT molecular complexity index is 1890. The molecule has 4 aromatic rings. The number of carbonyl (C=O) groups is 1. The summed E-state index contributed by atoms with van der Waals surface area (Å²) in [7, 11) is 3.16. The van der Waals surface area contributed by atoms with E-state index in [9.17, 15) is 14.0 Å². The Hall–Kier alpha value is -4.42. The minimum Gasteiger partial charge on any atom is -0.493 e. The summed E-state index contributed by atoms with van der Waals surface area (Å²) in [6, 6.07) is 16.1. The average molecular weight is 646 g/mol. The van der Waals surface area contributed by atoms with Crippen LogP contribution in [0.25, 0.3) is 11.7 Å². The zero-order valence-electron chi connectivity index (χ0n) is 25.2. The third kappa shape index (κ3) is 6.12.